The molecule has 2 heterocycles. The fraction of sp³-hybridized carbons (Fsp3) is 0.438. The summed E-state index contributed by atoms with van der Waals surface area (Å²) in [5.41, 5.74) is 1.34. The topological polar surface area (TPSA) is 28.2 Å². The molecule has 19 heavy (non-hydrogen) atoms. The number of nitrogens with one attached hydrogen (secondary N) is 1. The van der Waals surface area contributed by atoms with Gasteiger partial charge in [0, 0.05) is 48.6 Å². The molecular weight excluding hydrogens is 234 g/mol. The highest BCUT2D eigenvalue weighted by atomic mass is 15.2. The van der Waals surface area contributed by atoms with E-state index in [4.69, 9.17) is 0 Å². The van der Waals surface area contributed by atoms with Gasteiger partial charge >= 0.3 is 0 Å². The largest absolute Gasteiger partial charge is 0.369 e. The van der Waals surface area contributed by atoms with E-state index in [1.54, 1.807) is 0 Å². The van der Waals surface area contributed by atoms with Crippen molar-refractivity contribution >= 4 is 16.5 Å². The standard InChI is InChI=1S/C16H19N3/c1-2-12-6-8-17-10-15(12)16(3-1)19-9-7-14(11-19)18-13-4-5-13/h1-3,6,8,10,13-14,18H,4-5,7,9,11H2. The molecule has 1 aromatic carbocycles. The molecule has 1 atom stereocenters. The van der Waals surface area contributed by atoms with Crippen LogP contribution in [0.5, 0.6) is 0 Å². The molecule has 3 nitrogen and oxygen atoms in total. The maximum absolute atomic E-state index is 4.28. The molecule has 2 fully saturated rings. The van der Waals surface area contributed by atoms with Gasteiger partial charge in [-0.15, -0.1) is 0 Å². The van der Waals surface area contributed by atoms with Crippen molar-refractivity contribution in [1.29, 1.82) is 0 Å². The van der Waals surface area contributed by atoms with Crippen molar-refractivity contribution in [2.24, 2.45) is 0 Å². The molecule has 1 aliphatic carbocycles. The summed E-state index contributed by atoms with van der Waals surface area (Å²) in [6.07, 6.45) is 7.86. The highest BCUT2D eigenvalue weighted by molar-refractivity contribution is 5.93. The number of anilines is 1. The number of hydrogen-bond donors (Lipinski definition) is 1. The first kappa shape index (κ1) is 11.2. The molecule has 1 unspecified atom stereocenters. The molecule has 98 valence electrons. The van der Waals surface area contributed by atoms with E-state index in [0.717, 1.165) is 19.1 Å². The molecule has 3 heteroatoms. The highest BCUT2D eigenvalue weighted by Gasteiger charge is 2.29. The van der Waals surface area contributed by atoms with Gasteiger partial charge in [-0.25, -0.2) is 0 Å². The molecule has 1 aromatic heterocycles. The van der Waals surface area contributed by atoms with Crippen molar-refractivity contribution in [2.45, 2.75) is 31.3 Å². The Balaban J connectivity index is 1.60. The van der Waals surface area contributed by atoms with E-state index >= 15 is 0 Å². The van der Waals surface area contributed by atoms with E-state index in [1.165, 1.54) is 35.7 Å². The molecule has 2 aromatic rings. The third-order valence-electron chi connectivity index (χ3n) is 4.24. The van der Waals surface area contributed by atoms with Gasteiger partial charge in [-0.05, 0) is 36.8 Å². The van der Waals surface area contributed by atoms with Crippen LogP contribution in [0.4, 0.5) is 5.69 Å². The molecule has 1 saturated heterocycles. The second-order valence-electron chi connectivity index (χ2n) is 5.75. The summed E-state index contributed by atoms with van der Waals surface area (Å²) in [7, 11) is 0. The predicted molar refractivity (Wildman–Crippen MR) is 78.5 cm³/mol. The summed E-state index contributed by atoms with van der Waals surface area (Å²) in [5, 5.41) is 6.30. The second kappa shape index (κ2) is 4.49. The Labute approximate surface area is 113 Å². The molecule has 0 radical (unpaired) electrons. The number of fused-ring (bicyclic) bond motifs is 1. The molecule has 0 spiro atoms. The monoisotopic (exact) mass is 253 g/mol. The number of hydrogen-bond acceptors (Lipinski definition) is 3. The first-order valence-electron chi connectivity index (χ1n) is 7.24. The van der Waals surface area contributed by atoms with Crippen molar-refractivity contribution in [3.05, 3.63) is 36.7 Å². The molecule has 1 N–H and O–H groups in total. The lowest BCUT2D eigenvalue weighted by molar-refractivity contribution is 0.548. The molecule has 1 aliphatic heterocycles. The third kappa shape index (κ3) is 2.19. The van der Waals surface area contributed by atoms with Crippen LogP contribution in [0.2, 0.25) is 0 Å². The number of nitrogens with zero attached hydrogens (tertiary/aromatic N) is 2. The van der Waals surface area contributed by atoms with E-state index in [0.29, 0.717) is 6.04 Å². The van der Waals surface area contributed by atoms with Gasteiger partial charge in [0.15, 0.2) is 0 Å². The molecular formula is C16H19N3. The van der Waals surface area contributed by atoms with E-state index in [1.807, 2.05) is 12.4 Å². The summed E-state index contributed by atoms with van der Waals surface area (Å²) >= 11 is 0. The Morgan fingerprint density at radius 1 is 1.11 bits per heavy atom. The first-order valence-corrected chi connectivity index (χ1v) is 7.24. The minimum absolute atomic E-state index is 0.666. The fourth-order valence-electron chi connectivity index (χ4n) is 3.07. The van der Waals surface area contributed by atoms with E-state index in [-0.39, 0.29) is 0 Å². The Bertz CT molecular complexity index is 586. The van der Waals surface area contributed by atoms with Crippen LogP contribution in [0, 0.1) is 0 Å². The Kier molecular flexibility index (Phi) is 2.66. The van der Waals surface area contributed by atoms with Crippen LogP contribution < -0.4 is 10.2 Å². The average molecular weight is 253 g/mol. The Morgan fingerprint density at radius 2 is 2.05 bits per heavy atom. The molecule has 2 aliphatic rings. The minimum atomic E-state index is 0.666. The molecule has 0 bridgehead atoms. The Morgan fingerprint density at radius 3 is 2.95 bits per heavy atom. The van der Waals surface area contributed by atoms with E-state index in [9.17, 15) is 0 Å². The summed E-state index contributed by atoms with van der Waals surface area (Å²) in [6, 6.07) is 10.1. The number of benzene rings is 1. The predicted octanol–water partition coefficient (Wildman–Crippen LogP) is 2.57. The molecule has 1 saturated carbocycles. The zero-order valence-corrected chi connectivity index (χ0v) is 11.0. The van der Waals surface area contributed by atoms with Crippen LogP contribution >= 0.6 is 0 Å². The van der Waals surface area contributed by atoms with Crippen LogP contribution in [0.15, 0.2) is 36.7 Å². The molecule has 4 rings (SSSR count). The van der Waals surface area contributed by atoms with Gasteiger partial charge in [-0.2, -0.15) is 0 Å². The van der Waals surface area contributed by atoms with Crippen LogP contribution in [-0.4, -0.2) is 30.2 Å². The SMILES string of the molecule is c1cc(N2CCC(NC3CC3)C2)c2cnccc2c1. The van der Waals surface area contributed by atoms with Crippen molar-refractivity contribution in [1.82, 2.24) is 10.3 Å². The number of aromatic nitrogens is 1. The van der Waals surface area contributed by atoms with Gasteiger partial charge < -0.3 is 10.2 Å². The van der Waals surface area contributed by atoms with Gasteiger partial charge in [0.2, 0.25) is 0 Å². The van der Waals surface area contributed by atoms with Crippen LogP contribution in [0.25, 0.3) is 10.8 Å². The third-order valence-corrected chi connectivity index (χ3v) is 4.24. The fourth-order valence-corrected chi connectivity index (χ4v) is 3.07. The van der Waals surface area contributed by atoms with E-state index in [2.05, 4.69) is 39.5 Å². The van der Waals surface area contributed by atoms with Gasteiger partial charge in [0.05, 0.1) is 0 Å². The van der Waals surface area contributed by atoms with Crippen molar-refractivity contribution in [3.63, 3.8) is 0 Å². The van der Waals surface area contributed by atoms with Crippen LogP contribution in [-0.2, 0) is 0 Å². The lowest BCUT2D eigenvalue weighted by Gasteiger charge is -2.21. The average Bonchev–Trinajstić information content (AvgIpc) is 3.14. The van der Waals surface area contributed by atoms with Crippen molar-refractivity contribution in [2.75, 3.05) is 18.0 Å². The van der Waals surface area contributed by atoms with Crippen LogP contribution in [0.1, 0.15) is 19.3 Å². The summed E-state index contributed by atoms with van der Waals surface area (Å²) in [6.45, 7) is 2.28. The lowest BCUT2D eigenvalue weighted by atomic mass is 10.1. The number of pyridine rings is 1. The van der Waals surface area contributed by atoms with E-state index < -0.39 is 0 Å². The quantitative estimate of drug-likeness (QED) is 0.911. The zero-order chi connectivity index (χ0) is 12.7. The summed E-state index contributed by atoms with van der Waals surface area (Å²) in [5.74, 6) is 0. The van der Waals surface area contributed by atoms with Gasteiger partial charge in [0.25, 0.3) is 0 Å². The van der Waals surface area contributed by atoms with Crippen LogP contribution in [0.3, 0.4) is 0 Å². The zero-order valence-electron chi connectivity index (χ0n) is 11.0. The maximum Gasteiger partial charge on any atom is 0.0462 e. The van der Waals surface area contributed by atoms with Gasteiger partial charge in [0.1, 0.15) is 0 Å². The van der Waals surface area contributed by atoms with Gasteiger partial charge in [-0.1, -0.05) is 12.1 Å². The second-order valence-corrected chi connectivity index (χ2v) is 5.75. The molecule has 0 amide bonds. The first-order chi connectivity index (χ1) is 9.40. The maximum atomic E-state index is 4.28. The lowest BCUT2D eigenvalue weighted by Crippen LogP contribution is -2.33. The van der Waals surface area contributed by atoms with Crippen molar-refractivity contribution < 1.29 is 0 Å². The summed E-state index contributed by atoms with van der Waals surface area (Å²) in [4.78, 5) is 6.78. The smallest absolute Gasteiger partial charge is 0.0462 e. The minimum Gasteiger partial charge on any atom is -0.369 e. The summed E-state index contributed by atoms with van der Waals surface area (Å²) < 4.78 is 0. The normalized spacial score (nSPS) is 23.2. The number of rotatable bonds is 3. The Hall–Kier alpha value is -1.61. The van der Waals surface area contributed by atoms with Crippen molar-refractivity contribution in [3.8, 4) is 0 Å². The highest BCUT2D eigenvalue weighted by Crippen LogP contribution is 2.29. The van der Waals surface area contributed by atoms with Gasteiger partial charge in [-0.3, -0.25) is 4.98 Å².